The molecule has 4 heteroatoms. The lowest BCUT2D eigenvalue weighted by Crippen LogP contribution is -2.40. The maximum absolute atomic E-state index is 12.1. The second kappa shape index (κ2) is 6.40. The lowest BCUT2D eigenvalue weighted by Gasteiger charge is -2.22. The van der Waals surface area contributed by atoms with Gasteiger partial charge in [0.25, 0.3) is 0 Å². The van der Waals surface area contributed by atoms with E-state index in [2.05, 4.69) is 12.2 Å². The van der Waals surface area contributed by atoms with Crippen LogP contribution in [0, 0.1) is 0 Å². The summed E-state index contributed by atoms with van der Waals surface area (Å²) in [7, 11) is 0. The minimum Gasteiger partial charge on any atom is -0.339 e. The van der Waals surface area contributed by atoms with Gasteiger partial charge in [0.1, 0.15) is 0 Å². The van der Waals surface area contributed by atoms with Crippen molar-refractivity contribution in [1.82, 2.24) is 10.2 Å². The molecule has 1 aliphatic rings. The summed E-state index contributed by atoms with van der Waals surface area (Å²) >= 11 is 5.86. The summed E-state index contributed by atoms with van der Waals surface area (Å²) < 4.78 is 0. The molecule has 19 heavy (non-hydrogen) atoms. The van der Waals surface area contributed by atoms with Gasteiger partial charge in [0.05, 0.1) is 6.54 Å². The van der Waals surface area contributed by atoms with Crippen LogP contribution < -0.4 is 5.32 Å². The largest absolute Gasteiger partial charge is 0.339 e. The van der Waals surface area contributed by atoms with Gasteiger partial charge < -0.3 is 10.2 Å². The highest BCUT2D eigenvalue weighted by Crippen LogP contribution is 2.26. The van der Waals surface area contributed by atoms with Gasteiger partial charge in [-0.15, -0.1) is 0 Å². The number of hydrogen-bond donors (Lipinski definition) is 1. The van der Waals surface area contributed by atoms with E-state index < -0.39 is 0 Å². The maximum Gasteiger partial charge on any atom is 0.236 e. The Balaban J connectivity index is 1.84. The summed E-state index contributed by atoms with van der Waals surface area (Å²) in [6.07, 6.45) is 2.32. The predicted molar refractivity (Wildman–Crippen MR) is 78.3 cm³/mol. The Bertz CT molecular complexity index is 428. The molecule has 1 aromatic carbocycles. The number of nitrogens with one attached hydrogen (secondary N) is 1. The Morgan fingerprint density at radius 3 is 2.58 bits per heavy atom. The minimum absolute atomic E-state index is 0.152. The number of likely N-dealkylation sites (N-methyl/N-ethyl adjacent to an activating group) is 1. The Hall–Kier alpha value is -1.06. The van der Waals surface area contributed by atoms with Gasteiger partial charge in [0.2, 0.25) is 5.91 Å². The van der Waals surface area contributed by atoms with Gasteiger partial charge >= 0.3 is 0 Å². The quantitative estimate of drug-likeness (QED) is 0.869. The first-order chi connectivity index (χ1) is 9.11. The fraction of sp³-hybridized carbons (Fsp3) is 0.533. The molecule has 0 heterocycles. The lowest BCUT2D eigenvalue weighted by molar-refractivity contribution is -0.130. The van der Waals surface area contributed by atoms with Crippen LogP contribution in [0.25, 0.3) is 0 Å². The van der Waals surface area contributed by atoms with E-state index in [1.807, 2.05) is 36.1 Å². The molecule has 1 atom stereocenters. The normalized spacial score (nSPS) is 16.2. The van der Waals surface area contributed by atoms with E-state index in [1.54, 1.807) is 0 Å². The molecule has 0 bridgehead atoms. The van der Waals surface area contributed by atoms with Gasteiger partial charge in [-0.05, 0) is 44.4 Å². The van der Waals surface area contributed by atoms with Crippen molar-refractivity contribution >= 4 is 17.5 Å². The van der Waals surface area contributed by atoms with Crippen LogP contribution in [0.5, 0.6) is 0 Å². The fourth-order valence-corrected chi connectivity index (χ4v) is 2.36. The van der Waals surface area contributed by atoms with Crippen LogP contribution in [0.4, 0.5) is 0 Å². The molecule has 0 aromatic heterocycles. The SMILES string of the molecule is CCN(C(=O)CN[C@@H](C)c1ccc(Cl)cc1)C1CC1. The molecule has 1 aliphatic carbocycles. The van der Waals surface area contributed by atoms with Gasteiger partial charge in [-0.1, -0.05) is 23.7 Å². The van der Waals surface area contributed by atoms with Crippen molar-refractivity contribution in [2.75, 3.05) is 13.1 Å². The number of halogens is 1. The van der Waals surface area contributed by atoms with Crippen LogP contribution in [-0.2, 0) is 4.79 Å². The second-order valence-corrected chi connectivity index (χ2v) is 5.50. The monoisotopic (exact) mass is 280 g/mol. The molecule has 1 saturated carbocycles. The average Bonchev–Trinajstić information content (AvgIpc) is 3.22. The highest BCUT2D eigenvalue weighted by Gasteiger charge is 2.31. The zero-order chi connectivity index (χ0) is 13.8. The third-order valence-electron chi connectivity index (χ3n) is 3.58. The topological polar surface area (TPSA) is 32.3 Å². The van der Waals surface area contributed by atoms with Gasteiger partial charge in [0.15, 0.2) is 0 Å². The number of carbonyl (C=O) groups excluding carboxylic acids is 1. The van der Waals surface area contributed by atoms with Crippen LogP contribution in [0.1, 0.15) is 38.3 Å². The van der Waals surface area contributed by atoms with Crippen molar-refractivity contribution in [1.29, 1.82) is 0 Å². The summed E-state index contributed by atoms with van der Waals surface area (Å²) in [6, 6.07) is 8.37. The van der Waals surface area contributed by atoms with Crippen LogP contribution >= 0.6 is 11.6 Å². The van der Waals surface area contributed by atoms with Crippen LogP contribution in [0.15, 0.2) is 24.3 Å². The number of carbonyl (C=O) groups is 1. The average molecular weight is 281 g/mol. The van der Waals surface area contributed by atoms with E-state index in [4.69, 9.17) is 11.6 Å². The zero-order valence-corrected chi connectivity index (χ0v) is 12.3. The van der Waals surface area contributed by atoms with E-state index >= 15 is 0 Å². The Kier molecular flexibility index (Phi) is 4.83. The summed E-state index contributed by atoms with van der Waals surface area (Å²) in [5.41, 5.74) is 1.15. The number of rotatable bonds is 6. The number of hydrogen-bond acceptors (Lipinski definition) is 2. The summed E-state index contributed by atoms with van der Waals surface area (Å²) in [5.74, 6) is 0.200. The van der Waals surface area contributed by atoms with E-state index in [9.17, 15) is 4.79 Å². The highest BCUT2D eigenvalue weighted by atomic mass is 35.5. The summed E-state index contributed by atoms with van der Waals surface area (Å²) in [6.45, 7) is 5.30. The van der Waals surface area contributed by atoms with E-state index in [0.29, 0.717) is 12.6 Å². The van der Waals surface area contributed by atoms with E-state index in [1.165, 1.54) is 0 Å². The lowest BCUT2D eigenvalue weighted by atomic mass is 10.1. The molecule has 3 nitrogen and oxygen atoms in total. The third-order valence-corrected chi connectivity index (χ3v) is 3.83. The maximum atomic E-state index is 12.1. The van der Waals surface area contributed by atoms with Crippen molar-refractivity contribution in [3.63, 3.8) is 0 Å². The molecule has 1 amide bonds. The van der Waals surface area contributed by atoms with Gasteiger partial charge in [-0.25, -0.2) is 0 Å². The van der Waals surface area contributed by atoms with Crippen molar-refractivity contribution in [2.24, 2.45) is 0 Å². The van der Waals surface area contributed by atoms with Crippen molar-refractivity contribution in [3.8, 4) is 0 Å². The molecule has 0 unspecified atom stereocenters. The van der Waals surface area contributed by atoms with Gasteiger partial charge in [-0.2, -0.15) is 0 Å². The first kappa shape index (κ1) is 14.4. The molecule has 1 fully saturated rings. The second-order valence-electron chi connectivity index (χ2n) is 5.07. The predicted octanol–water partition coefficient (Wildman–Crippen LogP) is 3.00. The van der Waals surface area contributed by atoms with Crippen molar-refractivity contribution in [3.05, 3.63) is 34.9 Å². The standard InChI is InChI=1S/C15H21ClN2O/c1-3-18(14-8-9-14)15(19)10-17-11(2)12-4-6-13(16)7-5-12/h4-7,11,14,17H,3,8-10H2,1-2H3/t11-/m0/s1. The molecule has 0 aliphatic heterocycles. The van der Waals surface area contributed by atoms with Crippen molar-refractivity contribution in [2.45, 2.75) is 38.8 Å². The highest BCUT2D eigenvalue weighted by molar-refractivity contribution is 6.30. The molecule has 2 rings (SSSR count). The van der Waals surface area contributed by atoms with E-state index in [-0.39, 0.29) is 11.9 Å². The number of amides is 1. The Morgan fingerprint density at radius 2 is 2.05 bits per heavy atom. The Labute approximate surface area is 119 Å². The van der Waals surface area contributed by atoms with Gasteiger partial charge in [-0.3, -0.25) is 4.79 Å². The third kappa shape index (κ3) is 3.95. The summed E-state index contributed by atoms with van der Waals surface area (Å²) in [5, 5.41) is 4.02. The van der Waals surface area contributed by atoms with Crippen LogP contribution in [0.2, 0.25) is 5.02 Å². The first-order valence-electron chi connectivity index (χ1n) is 6.90. The molecule has 0 spiro atoms. The first-order valence-corrected chi connectivity index (χ1v) is 7.28. The van der Waals surface area contributed by atoms with Crippen LogP contribution in [0.3, 0.4) is 0 Å². The molecule has 0 saturated heterocycles. The van der Waals surface area contributed by atoms with Crippen LogP contribution in [-0.4, -0.2) is 29.9 Å². The zero-order valence-electron chi connectivity index (χ0n) is 11.5. The van der Waals surface area contributed by atoms with Crippen molar-refractivity contribution < 1.29 is 4.79 Å². The summed E-state index contributed by atoms with van der Waals surface area (Å²) in [4.78, 5) is 14.1. The smallest absolute Gasteiger partial charge is 0.236 e. The molecular weight excluding hydrogens is 260 g/mol. The fourth-order valence-electron chi connectivity index (χ4n) is 2.24. The van der Waals surface area contributed by atoms with E-state index in [0.717, 1.165) is 30.0 Å². The van der Waals surface area contributed by atoms with Gasteiger partial charge in [0, 0.05) is 23.7 Å². The molecular formula is C15H21ClN2O. The molecule has 104 valence electrons. The number of nitrogens with zero attached hydrogens (tertiary/aromatic N) is 1. The molecule has 0 radical (unpaired) electrons. The molecule has 1 N–H and O–H groups in total. The Morgan fingerprint density at radius 1 is 1.42 bits per heavy atom. The minimum atomic E-state index is 0.152. The number of benzene rings is 1. The molecule has 1 aromatic rings.